The molecule has 0 atom stereocenters. The summed E-state index contributed by atoms with van der Waals surface area (Å²) in [7, 11) is 0. The highest BCUT2D eigenvalue weighted by atomic mass is 16.7. The highest BCUT2D eigenvalue weighted by Crippen LogP contribution is 2.31. The fraction of sp³-hybridized carbons (Fsp3) is 0.455. The molecule has 2 saturated heterocycles. The number of anilines is 1. The Balaban J connectivity index is 1.23. The van der Waals surface area contributed by atoms with Crippen molar-refractivity contribution in [3.05, 3.63) is 59.8 Å². The number of pyridine rings is 1. The molecular formula is C22H27N3O3. The van der Waals surface area contributed by atoms with Crippen LogP contribution in [-0.4, -0.2) is 54.4 Å². The van der Waals surface area contributed by atoms with Gasteiger partial charge in [-0.3, -0.25) is 4.79 Å². The number of likely N-dealkylation sites (tertiary alicyclic amines) is 1. The van der Waals surface area contributed by atoms with Gasteiger partial charge in [-0.25, -0.2) is 4.98 Å². The molecule has 0 bridgehead atoms. The normalized spacial score (nSPS) is 18.4. The smallest absolute Gasteiger partial charge is 0.255 e. The molecule has 2 aliphatic heterocycles. The molecule has 0 aliphatic carbocycles. The number of carbonyl (C=O) groups excluding carboxylic acids is 1. The van der Waals surface area contributed by atoms with Gasteiger partial charge in [-0.05, 0) is 30.5 Å². The zero-order chi connectivity index (χ0) is 19.2. The number of hydrogen-bond donors (Lipinski definition) is 1. The third-order valence-corrected chi connectivity index (χ3v) is 5.43. The van der Waals surface area contributed by atoms with Crippen molar-refractivity contribution in [3.63, 3.8) is 0 Å². The van der Waals surface area contributed by atoms with Crippen molar-refractivity contribution in [2.75, 3.05) is 38.2 Å². The summed E-state index contributed by atoms with van der Waals surface area (Å²) in [6.45, 7) is 3.45. The van der Waals surface area contributed by atoms with E-state index in [-0.39, 0.29) is 5.91 Å². The summed E-state index contributed by atoms with van der Waals surface area (Å²) in [5.74, 6) is 0.369. The average Bonchev–Trinajstić information content (AvgIpc) is 3.20. The van der Waals surface area contributed by atoms with E-state index in [1.807, 2.05) is 23.1 Å². The molecule has 1 spiro atoms. The Kier molecular flexibility index (Phi) is 5.88. The van der Waals surface area contributed by atoms with Gasteiger partial charge < -0.3 is 19.7 Å². The average molecular weight is 381 g/mol. The zero-order valence-electron chi connectivity index (χ0n) is 16.1. The minimum absolute atomic E-state index is 0.0241. The van der Waals surface area contributed by atoms with Gasteiger partial charge in [-0.15, -0.1) is 0 Å². The van der Waals surface area contributed by atoms with Gasteiger partial charge in [0, 0.05) is 38.7 Å². The van der Waals surface area contributed by atoms with Crippen molar-refractivity contribution < 1.29 is 14.3 Å². The van der Waals surface area contributed by atoms with Crippen molar-refractivity contribution in [2.45, 2.75) is 31.5 Å². The second-order valence-electron chi connectivity index (χ2n) is 7.35. The van der Waals surface area contributed by atoms with Gasteiger partial charge in [0.25, 0.3) is 5.91 Å². The molecule has 1 N–H and O–H groups in total. The molecule has 2 aliphatic rings. The van der Waals surface area contributed by atoms with Crippen LogP contribution in [0.2, 0.25) is 0 Å². The maximum atomic E-state index is 12.7. The minimum Gasteiger partial charge on any atom is -0.370 e. The molecule has 6 nitrogen and oxygen atoms in total. The van der Waals surface area contributed by atoms with Crippen molar-refractivity contribution in [1.29, 1.82) is 0 Å². The van der Waals surface area contributed by atoms with Crippen LogP contribution in [0.1, 0.15) is 35.2 Å². The molecule has 1 aromatic heterocycles. The molecule has 4 rings (SSSR count). The predicted molar refractivity (Wildman–Crippen MR) is 107 cm³/mol. The SMILES string of the molecule is O=C(c1ccc(NCCCc2ccccc2)nc1)N1CCC2(CC1)OCCO2. The first-order chi connectivity index (χ1) is 13.7. The maximum absolute atomic E-state index is 12.7. The second kappa shape index (κ2) is 8.71. The molecule has 6 heteroatoms. The number of rotatable bonds is 6. The summed E-state index contributed by atoms with van der Waals surface area (Å²) in [5.41, 5.74) is 1.97. The van der Waals surface area contributed by atoms with E-state index in [9.17, 15) is 4.79 Å². The highest BCUT2D eigenvalue weighted by molar-refractivity contribution is 5.94. The van der Waals surface area contributed by atoms with Crippen LogP contribution in [0.4, 0.5) is 5.82 Å². The lowest BCUT2D eigenvalue weighted by Crippen LogP contribution is -2.47. The van der Waals surface area contributed by atoms with Crippen molar-refractivity contribution >= 4 is 11.7 Å². The fourth-order valence-corrected chi connectivity index (χ4v) is 3.80. The first-order valence-electron chi connectivity index (χ1n) is 10.1. The first kappa shape index (κ1) is 18.9. The molecule has 0 radical (unpaired) electrons. The summed E-state index contributed by atoms with van der Waals surface area (Å²) in [4.78, 5) is 19.0. The van der Waals surface area contributed by atoms with E-state index in [4.69, 9.17) is 9.47 Å². The van der Waals surface area contributed by atoms with E-state index in [0.29, 0.717) is 31.9 Å². The molecule has 0 unspecified atom stereocenters. The molecule has 1 aromatic carbocycles. The monoisotopic (exact) mass is 381 g/mol. The van der Waals surface area contributed by atoms with Crippen LogP contribution in [0.25, 0.3) is 0 Å². The van der Waals surface area contributed by atoms with E-state index in [1.165, 1.54) is 5.56 Å². The number of piperidine rings is 1. The summed E-state index contributed by atoms with van der Waals surface area (Å²) < 4.78 is 11.5. The van der Waals surface area contributed by atoms with Gasteiger partial charge >= 0.3 is 0 Å². The van der Waals surface area contributed by atoms with E-state index in [0.717, 1.165) is 38.0 Å². The van der Waals surface area contributed by atoms with Gasteiger partial charge in [0.05, 0.1) is 18.8 Å². The third-order valence-electron chi connectivity index (χ3n) is 5.43. The van der Waals surface area contributed by atoms with Gasteiger partial charge in [-0.2, -0.15) is 0 Å². The van der Waals surface area contributed by atoms with Crippen molar-refractivity contribution in [1.82, 2.24) is 9.88 Å². The highest BCUT2D eigenvalue weighted by Gasteiger charge is 2.40. The van der Waals surface area contributed by atoms with Gasteiger partial charge in [0.1, 0.15) is 5.82 Å². The van der Waals surface area contributed by atoms with E-state index < -0.39 is 5.79 Å². The van der Waals surface area contributed by atoms with Crippen molar-refractivity contribution in [3.8, 4) is 0 Å². The molecule has 148 valence electrons. The second-order valence-corrected chi connectivity index (χ2v) is 7.35. The van der Waals surface area contributed by atoms with Gasteiger partial charge in [0.15, 0.2) is 5.79 Å². The van der Waals surface area contributed by atoms with Crippen LogP contribution < -0.4 is 5.32 Å². The summed E-state index contributed by atoms with van der Waals surface area (Å²) in [6, 6.07) is 14.2. The molecule has 28 heavy (non-hydrogen) atoms. The quantitative estimate of drug-likeness (QED) is 0.779. The lowest BCUT2D eigenvalue weighted by molar-refractivity contribution is -0.181. The van der Waals surface area contributed by atoms with Crippen LogP contribution >= 0.6 is 0 Å². The predicted octanol–water partition coefficient (Wildman–Crippen LogP) is 3.11. The van der Waals surface area contributed by atoms with Gasteiger partial charge in [-0.1, -0.05) is 30.3 Å². The van der Waals surface area contributed by atoms with Crippen molar-refractivity contribution in [2.24, 2.45) is 0 Å². The Morgan fingerprint density at radius 3 is 2.50 bits per heavy atom. The number of amides is 1. The topological polar surface area (TPSA) is 63.7 Å². The number of aryl methyl sites for hydroxylation is 1. The summed E-state index contributed by atoms with van der Waals surface area (Å²) >= 11 is 0. The minimum atomic E-state index is -0.456. The number of aromatic nitrogens is 1. The Morgan fingerprint density at radius 1 is 1.07 bits per heavy atom. The molecule has 2 aromatic rings. The van der Waals surface area contributed by atoms with E-state index >= 15 is 0 Å². The summed E-state index contributed by atoms with van der Waals surface area (Å²) in [5, 5.41) is 3.32. The molecule has 3 heterocycles. The Bertz CT molecular complexity index is 763. The number of nitrogens with one attached hydrogen (secondary N) is 1. The molecule has 2 fully saturated rings. The van der Waals surface area contributed by atoms with Crippen LogP contribution in [0.3, 0.4) is 0 Å². The van der Waals surface area contributed by atoms with Crippen LogP contribution in [-0.2, 0) is 15.9 Å². The lowest BCUT2D eigenvalue weighted by Gasteiger charge is -2.37. The van der Waals surface area contributed by atoms with Gasteiger partial charge in [0.2, 0.25) is 0 Å². The Labute approximate surface area is 165 Å². The van der Waals surface area contributed by atoms with Crippen LogP contribution in [0.15, 0.2) is 48.7 Å². The molecule has 1 amide bonds. The number of hydrogen-bond acceptors (Lipinski definition) is 5. The first-order valence-corrected chi connectivity index (χ1v) is 10.1. The Morgan fingerprint density at radius 2 is 1.82 bits per heavy atom. The Hall–Kier alpha value is -2.44. The van der Waals surface area contributed by atoms with Crippen LogP contribution in [0, 0.1) is 0 Å². The van der Waals surface area contributed by atoms with E-state index in [2.05, 4.69) is 34.6 Å². The van der Waals surface area contributed by atoms with E-state index in [1.54, 1.807) is 6.20 Å². The number of ether oxygens (including phenoxy) is 2. The standard InChI is InChI=1S/C22H27N3O3/c26-21(25-13-10-22(11-14-25)27-15-16-28-22)19-8-9-20(24-17-19)23-12-4-7-18-5-2-1-3-6-18/h1-3,5-6,8-9,17H,4,7,10-16H2,(H,23,24). The fourth-order valence-electron chi connectivity index (χ4n) is 3.80. The number of carbonyl (C=O) groups is 1. The maximum Gasteiger partial charge on any atom is 0.255 e. The summed E-state index contributed by atoms with van der Waals surface area (Å²) in [6.07, 6.45) is 5.19. The third kappa shape index (κ3) is 4.51. The number of nitrogens with zero attached hydrogens (tertiary/aromatic N) is 2. The molecular weight excluding hydrogens is 354 g/mol. The lowest BCUT2D eigenvalue weighted by atomic mass is 10.0. The number of benzene rings is 1. The van der Waals surface area contributed by atoms with Crippen LogP contribution in [0.5, 0.6) is 0 Å². The molecule has 0 saturated carbocycles. The zero-order valence-corrected chi connectivity index (χ0v) is 16.1. The largest absolute Gasteiger partial charge is 0.370 e.